The quantitative estimate of drug-likeness (QED) is 0.484. The minimum Gasteiger partial charge on any atom is -0.478 e. The summed E-state index contributed by atoms with van der Waals surface area (Å²) < 4.78 is 29.4. The van der Waals surface area contributed by atoms with Crippen LogP contribution in [-0.4, -0.2) is 41.3 Å². The number of aliphatic carboxylic acids is 1. The van der Waals surface area contributed by atoms with E-state index in [1.807, 2.05) is 18.2 Å². The smallest absolute Gasteiger partial charge is 0.347 e. The summed E-state index contributed by atoms with van der Waals surface area (Å²) in [5.74, 6) is 0.0479. The Morgan fingerprint density at radius 1 is 1.21 bits per heavy atom. The molecule has 1 aliphatic rings. The molecule has 1 aromatic carbocycles. The van der Waals surface area contributed by atoms with Crippen molar-refractivity contribution in [2.75, 3.05) is 6.26 Å². The van der Waals surface area contributed by atoms with Gasteiger partial charge >= 0.3 is 5.97 Å². The Labute approximate surface area is 194 Å². The number of sulfone groups is 1. The highest BCUT2D eigenvalue weighted by Gasteiger charge is 2.30. The Morgan fingerprint density at radius 2 is 1.88 bits per heavy atom. The van der Waals surface area contributed by atoms with E-state index in [1.54, 1.807) is 18.2 Å². The standard InChI is InChI=1S/C25H30N2O5S/c1-25(2,24(28)29)32-19-13-18-14-22(27-23(18)26-15-19)21(12-16-6-4-5-7-16)17-8-10-20(11-9-17)33(3,30)31/h8-11,13-16,21H,4-7,12H2,1-3H3,(H,26,27)(H,28,29). The molecule has 8 heteroatoms. The zero-order valence-corrected chi connectivity index (χ0v) is 20.0. The van der Waals surface area contributed by atoms with Gasteiger partial charge in [0.2, 0.25) is 0 Å². The zero-order valence-electron chi connectivity index (χ0n) is 19.2. The third kappa shape index (κ3) is 5.21. The Hall–Kier alpha value is -2.87. The van der Waals surface area contributed by atoms with E-state index in [1.165, 1.54) is 52.0 Å². The number of pyridine rings is 1. The van der Waals surface area contributed by atoms with Crippen LogP contribution in [0, 0.1) is 5.92 Å². The number of carboxylic acids is 1. The van der Waals surface area contributed by atoms with Gasteiger partial charge in [-0.2, -0.15) is 0 Å². The number of nitrogens with zero attached hydrogens (tertiary/aromatic N) is 1. The second kappa shape index (κ2) is 8.82. The minimum atomic E-state index is -3.25. The summed E-state index contributed by atoms with van der Waals surface area (Å²) >= 11 is 0. The Kier molecular flexibility index (Phi) is 6.22. The van der Waals surface area contributed by atoms with Crippen LogP contribution in [0.15, 0.2) is 47.5 Å². The predicted molar refractivity (Wildman–Crippen MR) is 126 cm³/mol. The number of carboxylic acid groups (broad SMARTS) is 1. The van der Waals surface area contributed by atoms with Gasteiger partial charge in [0.15, 0.2) is 15.4 Å². The fourth-order valence-corrected chi connectivity index (χ4v) is 5.20. The number of benzene rings is 1. The van der Waals surface area contributed by atoms with Crippen molar-refractivity contribution in [1.82, 2.24) is 9.97 Å². The fourth-order valence-electron chi connectivity index (χ4n) is 4.57. The van der Waals surface area contributed by atoms with E-state index < -0.39 is 21.4 Å². The Balaban J connectivity index is 1.68. The number of nitrogens with one attached hydrogen (secondary N) is 1. The summed E-state index contributed by atoms with van der Waals surface area (Å²) in [5.41, 5.74) is 1.41. The number of aromatic nitrogens is 2. The van der Waals surface area contributed by atoms with Crippen LogP contribution >= 0.6 is 0 Å². The zero-order chi connectivity index (χ0) is 23.8. The first-order valence-corrected chi connectivity index (χ1v) is 13.1. The molecule has 4 rings (SSSR count). The first-order valence-electron chi connectivity index (χ1n) is 11.2. The lowest BCUT2D eigenvalue weighted by atomic mass is 9.85. The van der Waals surface area contributed by atoms with Gasteiger partial charge in [0.1, 0.15) is 11.4 Å². The number of carbonyl (C=O) groups is 1. The molecule has 2 aromatic heterocycles. The van der Waals surface area contributed by atoms with Crippen molar-refractivity contribution in [2.24, 2.45) is 5.92 Å². The van der Waals surface area contributed by atoms with Gasteiger partial charge in [-0.05, 0) is 56.0 Å². The van der Waals surface area contributed by atoms with Gasteiger partial charge in [-0.3, -0.25) is 0 Å². The fraction of sp³-hybridized carbons (Fsp3) is 0.440. The molecule has 0 radical (unpaired) electrons. The molecule has 176 valence electrons. The third-order valence-corrected chi connectivity index (χ3v) is 7.61. The second-order valence-electron chi connectivity index (χ2n) is 9.53. The first-order chi connectivity index (χ1) is 15.5. The predicted octanol–water partition coefficient (Wildman–Crippen LogP) is 4.92. The topological polar surface area (TPSA) is 109 Å². The monoisotopic (exact) mass is 470 g/mol. The van der Waals surface area contributed by atoms with Crippen LogP contribution < -0.4 is 4.74 Å². The summed E-state index contributed by atoms with van der Waals surface area (Å²) in [6, 6.07) is 11.0. The molecule has 0 bridgehead atoms. The molecule has 1 fully saturated rings. The van der Waals surface area contributed by atoms with E-state index in [2.05, 4.69) is 9.97 Å². The van der Waals surface area contributed by atoms with Gasteiger partial charge < -0.3 is 14.8 Å². The van der Waals surface area contributed by atoms with Crippen molar-refractivity contribution in [3.8, 4) is 5.75 Å². The number of H-pyrrole nitrogens is 1. The summed E-state index contributed by atoms with van der Waals surface area (Å²) in [4.78, 5) is 19.6. The van der Waals surface area contributed by atoms with E-state index in [-0.39, 0.29) is 5.92 Å². The number of aromatic amines is 1. The van der Waals surface area contributed by atoms with Crippen molar-refractivity contribution < 1.29 is 23.1 Å². The van der Waals surface area contributed by atoms with Crippen molar-refractivity contribution in [3.05, 3.63) is 53.9 Å². The average Bonchev–Trinajstić information content (AvgIpc) is 3.40. The van der Waals surface area contributed by atoms with Gasteiger partial charge in [-0.15, -0.1) is 0 Å². The number of rotatable bonds is 8. The van der Waals surface area contributed by atoms with Gasteiger partial charge in [0, 0.05) is 23.3 Å². The lowest BCUT2D eigenvalue weighted by Crippen LogP contribution is -2.37. The van der Waals surface area contributed by atoms with Gasteiger partial charge in [0.05, 0.1) is 11.1 Å². The number of fused-ring (bicyclic) bond motifs is 1. The Morgan fingerprint density at radius 3 is 2.48 bits per heavy atom. The molecule has 2 N–H and O–H groups in total. The van der Waals surface area contributed by atoms with Gasteiger partial charge in [0.25, 0.3) is 0 Å². The van der Waals surface area contributed by atoms with Crippen LogP contribution in [0.5, 0.6) is 5.75 Å². The normalized spacial score (nSPS) is 16.2. The molecule has 2 heterocycles. The highest BCUT2D eigenvalue weighted by Crippen LogP contribution is 2.38. The average molecular weight is 471 g/mol. The van der Waals surface area contributed by atoms with Crippen LogP contribution in [-0.2, 0) is 14.6 Å². The van der Waals surface area contributed by atoms with Crippen LogP contribution in [0.25, 0.3) is 11.0 Å². The second-order valence-corrected chi connectivity index (χ2v) is 11.5. The Bertz CT molecular complexity index is 1260. The maximum Gasteiger partial charge on any atom is 0.347 e. The molecular weight excluding hydrogens is 440 g/mol. The van der Waals surface area contributed by atoms with Crippen LogP contribution in [0.1, 0.15) is 63.1 Å². The van der Waals surface area contributed by atoms with Crippen LogP contribution in [0.3, 0.4) is 0 Å². The molecule has 0 aliphatic heterocycles. The molecule has 33 heavy (non-hydrogen) atoms. The number of hydrogen-bond donors (Lipinski definition) is 2. The maximum absolute atomic E-state index is 11.9. The van der Waals surface area contributed by atoms with E-state index in [0.29, 0.717) is 22.2 Å². The lowest BCUT2D eigenvalue weighted by Gasteiger charge is -2.21. The molecule has 3 aromatic rings. The van der Waals surface area contributed by atoms with E-state index in [4.69, 9.17) is 4.74 Å². The molecule has 0 amide bonds. The van der Waals surface area contributed by atoms with E-state index in [9.17, 15) is 18.3 Å². The first kappa shape index (κ1) is 23.3. The highest BCUT2D eigenvalue weighted by molar-refractivity contribution is 7.90. The molecule has 1 saturated carbocycles. The highest BCUT2D eigenvalue weighted by atomic mass is 32.2. The largest absolute Gasteiger partial charge is 0.478 e. The molecule has 1 atom stereocenters. The van der Waals surface area contributed by atoms with Gasteiger partial charge in [-0.25, -0.2) is 18.2 Å². The number of ether oxygens (including phenoxy) is 1. The number of hydrogen-bond acceptors (Lipinski definition) is 5. The molecular formula is C25H30N2O5S. The minimum absolute atomic E-state index is 0.0794. The van der Waals surface area contributed by atoms with E-state index >= 15 is 0 Å². The van der Waals surface area contributed by atoms with Gasteiger partial charge in [-0.1, -0.05) is 37.8 Å². The third-order valence-electron chi connectivity index (χ3n) is 6.48. The van der Waals surface area contributed by atoms with Crippen molar-refractivity contribution in [3.63, 3.8) is 0 Å². The van der Waals surface area contributed by atoms with Crippen LogP contribution in [0.2, 0.25) is 0 Å². The summed E-state index contributed by atoms with van der Waals surface area (Å²) in [6.07, 6.45) is 8.63. The molecule has 0 spiro atoms. The van der Waals surface area contributed by atoms with Crippen molar-refractivity contribution in [2.45, 2.75) is 62.4 Å². The molecule has 0 saturated heterocycles. The van der Waals surface area contributed by atoms with E-state index in [0.717, 1.165) is 23.1 Å². The lowest BCUT2D eigenvalue weighted by molar-refractivity contribution is -0.152. The summed E-state index contributed by atoms with van der Waals surface area (Å²) in [5, 5.41) is 10.2. The SMILES string of the molecule is CC(C)(Oc1cnc2[nH]c(C(CC3CCCC3)c3ccc(S(C)(=O)=O)cc3)cc2c1)C(=O)O. The molecule has 7 nitrogen and oxygen atoms in total. The van der Waals surface area contributed by atoms with Crippen molar-refractivity contribution in [1.29, 1.82) is 0 Å². The van der Waals surface area contributed by atoms with Crippen molar-refractivity contribution >= 4 is 26.8 Å². The van der Waals surface area contributed by atoms with Crippen LogP contribution in [0.4, 0.5) is 0 Å². The molecule has 1 aliphatic carbocycles. The summed E-state index contributed by atoms with van der Waals surface area (Å²) in [6.45, 7) is 3.00. The summed E-state index contributed by atoms with van der Waals surface area (Å²) in [7, 11) is -3.25. The maximum atomic E-state index is 11.9. The molecule has 1 unspecified atom stereocenters.